The highest BCUT2D eigenvalue weighted by Crippen LogP contribution is 2.29. The Labute approximate surface area is 117 Å². The van der Waals surface area contributed by atoms with Crippen LogP contribution in [0.3, 0.4) is 0 Å². The van der Waals surface area contributed by atoms with E-state index in [2.05, 4.69) is 31.9 Å². The van der Waals surface area contributed by atoms with Crippen LogP contribution >= 0.6 is 31.9 Å². The molecule has 0 saturated heterocycles. The Bertz CT molecular complexity index is 398. The second-order valence-corrected chi connectivity index (χ2v) is 5.69. The smallest absolute Gasteiger partial charge is 0.283 e. The number of ether oxygens (including phenoxy) is 1. The third kappa shape index (κ3) is 4.37. The maximum atomic E-state index is 10.8. The van der Waals surface area contributed by atoms with Crippen LogP contribution in [0.2, 0.25) is 0 Å². The summed E-state index contributed by atoms with van der Waals surface area (Å²) in [5.74, 6) is 0. The molecule has 0 spiro atoms. The fourth-order valence-electron chi connectivity index (χ4n) is 1.48. The van der Waals surface area contributed by atoms with Gasteiger partial charge < -0.3 is 4.74 Å². The van der Waals surface area contributed by atoms with E-state index in [-0.39, 0.29) is 15.4 Å². The van der Waals surface area contributed by atoms with E-state index in [9.17, 15) is 10.1 Å². The molecule has 17 heavy (non-hydrogen) atoms. The molecule has 94 valence electrons. The number of alkyl halides is 1. The van der Waals surface area contributed by atoms with E-state index in [1.165, 1.54) is 6.07 Å². The highest BCUT2D eigenvalue weighted by Gasteiger charge is 2.15. The molecule has 1 atom stereocenters. The van der Waals surface area contributed by atoms with Crippen molar-refractivity contribution in [1.29, 1.82) is 0 Å². The van der Waals surface area contributed by atoms with Crippen molar-refractivity contribution in [1.82, 2.24) is 0 Å². The van der Waals surface area contributed by atoms with E-state index < -0.39 is 0 Å². The zero-order valence-corrected chi connectivity index (χ0v) is 12.5. The topological polar surface area (TPSA) is 52.4 Å². The van der Waals surface area contributed by atoms with Gasteiger partial charge in [0.05, 0.1) is 16.0 Å². The lowest BCUT2D eigenvalue weighted by atomic mass is 10.1. The summed E-state index contributed by atoms with van der Waals surface area (Å²) in [6.07, 6.45) is 1.63. The van der Waals surface area contributed by atoms with Crippen LogP contribution in [0.4, 0.5) is 5.69 Å². The van der Waals surface area contributed by atoms with Gasteiger partial charge in [-0.1, -0.05) is 28.1 Å². The third-order valence-electron chi connectivity index (χ3n) is 2.33. The minimum absolute atomic E-state index is 0.111. The van der Waals surface area contributed by atoms with Crippen molar-refractivity contribution in [3.05, 3.63) is 38.3 Å². The average molecular weight is 367 g/mol. The first-order valence-electron chi connectivity index (χ1n) is 5.11. The number of nitrogens with zero attached hydrogens (tertiary/aromatic N) is 1. The minimum Gasteiger partial charge on any atom is -0.384 e. The Hall–Kier alpha value is -0.460. The van der Waals surface area contributed by atoms with Crippen molar-refractivity contribution in [2.75, 3.05) is 13.7 Å². The van der Waals surface area contributed by atoms with Gasteiger partial charge in [0.2, 0.25) is 0 Å². The minimum atomic E-state index is -0.381. The Morgan fingerprint density at radius 1 is 1.53 bits per heavy atom. The quantitative estimate of drug-likeness (QED) is 0.438. The van der Waals surface area contributed by atoms with Crippen LogP contribution in [-0.4, -0.2) is 23.5 Å². The first-order chi connectivity index (χ1) is 8.06. The van der Waals surface area contributed by atoms with Crippen molar-refractivity contribution < 1.29 is 9.66 Å². The SMILES string of the molecule is COCC(Br)CCc1cccc([N+](=O)[O-])c1Br. The van der Waals surface area contributed by atoms with Crippen LogP contribution in [0.1, 0.15) is 12.0 Å². The van der Waals surface area contributed by atoms with Crippen LogP contribution in [0.25, 0.3) is 0 Å². The molecule has 0 N–H and O–H groups in total. The molecule has 1 aromatic carbocycles. The number of benzene rings is 1. The second kappa shape index (κ2) is 7.08. The molecule has 0 aliphatic carbocycles. The first-order valence-corrected chi connectivity index (χ1v) is 6.82. The normalized spacial score (nSPS) is 12.4. The number of aryl methyl sites for hydroxylation is 1. The molecule has 0 bridgehead atoms. The summed E-state index contributed by atoms with van der Waals surface area (Å²) in [4.78, 5) is 10.6. The van der Waals surface area contributed by atoms with E-state index in [0.717, 1.165) is 18.4 Å². The molecule has 0 saturated carbocycles. The van der Waals surface area contributed by atoms with E-state index >= 15 is 0 Å². The third-order valence-corrected chi connectivity index (χ3v) is 3.97. The fraction of sp³-hybridized carbons (Fsp3) is 0.455. The molecule has 1 rings (SSSR count). The number of hydrogen-bond acceptors (Lipinski definition) is 3. The van der Waals surface area contributed by atoms with Gasteiger partial charge in [0, 0.05) is 18.0 Å². The maximum Gasteiger partial charge on any atom is 0.283 e. The molecular formula is C11H13Br2NO3. The van der Waals surface area contributed by atoms with Gasteiger partial charge in [-0.15, -0.1) is 0 Å². The molecule has 0 aliphatic rings. The summed E-state index contributed by atoms with van der Waals surface area (Å²) >= 11 is 6.78. The largest absolute Gasteiger partial charge is 0.384 e. The Kier molecular flexibility index (Phi) is 6.08. The van der Waals surface area contributed by atoms with Crippen molar-refractivity contribution in [3.8, 4) is 0 Å². The molecular weight excluding hydrogens is 354 g/mol. The number of halogens is 2. The summed E-state index contributed by atoms with van der Waals surface area (Å²) in [6, 6.07) is 5.09. The summed E-state index contributed by atoms with van der Waals surface area (Å²) in [5.41, 5.74) is 1.06. The van der Waals surface area contributed by atoms with E-state index in [1.54, 1.807) is 13.2 Å². The summed E-state index contributed by atoms with van der Waals surface area (Å²) in [6.45, 7) is 0.631. The van der Waals surface area contributed by atoms with Crippen LogP contribution in [0.15, 0.2) is 22.7 Å². The summed E-state index contributed by atoms with van der Waals surface area (Å²) in [5, 5.41) is 10.8. The monoisotopic (exact) mass is 365 g/mol. The predicted octanol–water partition coefficient (Wildman–Crippen LogP) is 3.70. The average Bonchev–Trinajstić information content (AvgIpc) is 2.27. The summed E-state index contributed by atoms with van der Waals surface area (Å²) < 4.78 is 5.59. The Morgan fingerprint density at radius 3 is 2.82 bits per heavy atom. The molecule has 0 aliphatic heterocycles. The van der Waals surface area contributed by atoms with E-state index in [4.69, 9.17) is 4.74 Å². The van der Waals surface area contributed by atoms with Crippen LogP contribution in [0, 0.1) is 10.1 Å². The van der Waals surface area contributed by atoms with Gasteiger partial charge in [0.15, 0.2) is 0 Å². The van der Waals surface area contributed by atoms with Gasteiger partial charge in [0.25, 0.3) is 5.69 Å². The number of nitro groups is 1. The van der Waals surface area contributed by atoms with Crippen molar-refractivity contribution in [3.63, 3.8) is 0 Å². The fourth-order valence-corrected chi connectivity index (χ4v) is 2.58. The molecule has 4 nitrogen and oxygen atoms in total. The lowest BCUT2D eigenvalue weighted by Crippen LogP contribution is -2.08. The number of methoxy groups -OCH3 is 1. The Balaban J connectivity index is 2.72. The van der Waals surface area contributed by atoms with Gasteiger partial charge in [-0.25, -0.2) is 0 Å². The molecule has 0 radical (unpaired) electrons. The first kappa shape index (κ1) is 14.6. The lowest BCUT2D eigenvalue weighted by Gasteiger charge is -2.09. The standard InChI is InChI=1S/C11H13Br2NO3/c1-17-7-9(12)6-5-8-3-2-4-10(11(8)13)14(15)16/h2-4,9H,5-7H2,1H3. The number of hydrogen-bond donors (Lipinski definition) is 0. The van der Waals surface area contributed by atoms with Crippen molar-refractivity contribution >= 4 is 37.5 Å². The Morgan fingerprint density at radius 2 is 2.24 bits per heavy atom. The highest BCUT2D eigenvalue weighted by atomic mass is 79.9. The molecule has 0 amide bonds. The van der Waals surface area contributed by atoms with E-state index in [0.29, 0.717) is 11.1 Å². The van der Waals surface area contributed by atoms with Crippen LogP contribution in [-0.2, 0) is 11.2 Å². The van der Waals surface area contributed by atoms with Crippen molar-refractivity contribution in [2.24, 2.45) is 0 Å². The molecule has 0 aromatic heterocycles. The number of nitro benzene ring substituents is 1. The van der Waals surface area contributed by atoms with Crippen LogP contribution < -0.4 is 0 Å². The zero-order valence-electron chi connectivity index (χ0n) is 9.36. The lowest BCUT2D eigenvalue weighted by molar-refractivity contribution is -0.385. The van der Waals surface area contributed by atoms with Gasteiger partial charge in [-0.3, -0.25) is 10.1 Å². The molecule has 6 heteroatoms. The van der Waals surface area contributed by atoms with Gasteiger partial charge in [-0.2, -0.15) is 0 Å². The van der Waals surface area contributed by atoms with Gasteiger partial charge >= 0.3 is 0 Å². The molecule has 1 unspecified atom stereocenters. The second-order valence-electron chi connectivity index (χ2n) is 3.60. The highest BCUT2D eigenvalue weighted by molar-refractivity contribution is 9.10. The van der Waals surface area contributed by atoms with Gasteiger partial charge in [0.1, 0.15) is 0 Å². The number of rotatable bonds is 6. The molecule has 0 heterocycles. The molecule has 1 aromatic rings. The predicted molar refractivity (Wildman–Crippen MR) is 73.7 cm³/mol. The van der Waals surface area contributed by atoms with E-state index in [1.807, 2.05) is 6.07 Å². The van der Waals surface area contributed by atoms with Crippen LogP contribution in [0.5, 0.6) is 0 Å². The zero-order chi connectivity index (χ0) is 12.8. The summed E-state index contributed by atoms with van der Waals surface area (Å²) in [7, 11) is 1.65. The maximum absolute atomic E-state index is 10.8. The van der Waals surface area contributed by atoms with Gasteiger partial charge in [-0.05, 0) is 34.3 Å². The van der Waals surface area contributed by atoms with Crippen molar-refractivity contribution in [2.45, 2.75) is 17.7 Å². The molecule has 0 fully saturated rings.